The Kier molecular flexibility index (Phi) is 5.43. The Bertz CT molecular complexity index is 636. The molecular formula is C17H22N4O3. The van der Waals surface area contributed by atoms with Gasteiger partial charge in [-0.2, -0.15) is 0 Å². The Labute approximate surface area is 141 Å². The molecule has 0 amide bonds. The van der Waals surface area contributed by atoms with Crippen LogP contribution in [0.4, 0.5) is 5.69 Å². The number of nitrogens with one attached hydrogen (secondary N) is 1. The van der Waals surface area contributed by atoms with Gasteiger partial charge in [0.2, 0.25) is 0 Å². The minimum Gasteiger partial charge on any atom is -0.487 e. The van der Waals surface area contributed by atoms with Crippen molar-refractivity contribution >= 4 is 11.4 Å². The van der Waals surface area contributed by atoms with Crippen molar-refractivity contribution in [3.63, 3.8) is 0 Å². The number of benzene rings is 1. The van der Waals surface area contributed by atoms with Gasteiger partial charge < -0.3 is 10.1 Å². The van der Waals surface area contributed by atoms with E-state index in [1.807, 2.05) is 6.20 Å². The number of nitro groups is 1. The van der Waals surface area contributed by atoms with E-state index in [4.69, 9.17) is 4.74 Å². The molecule has 0 radical (unpaired) electrons. The second-order valence-electron chi connectivity index (χ2n) is 6.15. The van der Waals surface area contributed by atoms with E-state index < -0.39 is 4.92 Å². The molecule has 1 saturated heterocycles. The molecule has 2 aliphatic heterocycles. The molecule has 1 aromatic carbocycles. The molecule has 0 aliphatic carbocycles. The summed E-state index contributed by atoms with van der Waals surface area (Å²) in [6.45, 7) is 4.26. The van der Waals surface area contributed by atoms with E-state index in [2.05, 4.69) is 15.2 Å². The van der Waals surface area contributed by atoms with Gasteiger partial charge in [0.25, 0.3) is 0 Å². The van der Waals surface area contributed by atoms with Gasteiger partial charge in [-0.25, -0.2) is 0 Å². The Hall–Kier alpha value is -2.41. The number of hydrogen-bond donors (Lipinski definition) is 1. The van der Waals surface area contributed by atoms with Gasteiger partial charge in [-0.05, 0) is 37.9 Å². The number of ether oxygens (including phenoxy) is 1. The van der Waals surface area contributed by atoms with Crippen molar-refractivity contribution in [3.05, 3.63) is 46.8 Å². The summed E-state index contributed by atoms with van der Waals surface area (Å²) in [6.07, 6.45) is 5.73. The van der Waals surface area contributed by atoms with Crippen LogP contribution in [-0.2, 0) is 0 Å². The van der Waals surface area contributed by atoms with Crippen molar-refractivity contribution in [1.29, 1.82) is 0 Å². The highest BCUT2D eigenvalue weighted by Gasteiger charge is 2.22. The number of nitrogens with zero attached hydrogens (tertiary/aromatic N) is 3. The highest BCUT2D eigenvalue weighted by atomic mass is 16.6. The summed E-state index contributed by atoms with van der Waals surface area (Å²) in [7, 11) is 0. The normalized spacial score (nSPS) is 18.8. The van der Waals surface area contributed by atoms with Crippen LogP contribution in [0.15, 0.2) is 41.7 Å². The van der Waals surface area contributed by atoms with Gasteiger partial charge in [0, 0.05) is 25.0 Å². The Morgan fingerprint density at radius 1 is 1.33 bits per heavy atom. The molecule has 0 unspecified atom stereocenters. The minimum absolute atomic E-state index is 0.0331. The predicted octanol–water partition coefficient (Wildman–Crippen LogP) is 2.20. The molecule has 3 rings (SSSR count). The second kappa shape index (κ2) is 7.92. The van der Waals surface area contributed by atoms with Crippen LogP contribution in [0, 0.1) is 16.0 Å². The molecule has 1 aromatic rings. The fourth-order valence-electron chi connectivity index (χ4n) is 3.02. The van der Waals surface area contributed by atoms with Crippen LogP contribution in [0.2, 0.25) is 0 Å². The smallest absolute Gasteiger partial charge is 0.310 e. The summed E-state index contributed by atoms with van der Waals surface area (Å²) in [6, 6.07) is 6.56. The van der Waals surface area contributed by atoms with Crippen LogP contribution < -0.4 is 10.1 Å². The first-order valence-corrected chi connectivity index (χ1v) is 8.25. The molecule has 1 fully saturated rings. The maximum Gasteiger partial charge on any atom is 0.310 e. The predicted molar refractivity (Wildman–Crippen MR) is 92.3 cm³/mol. The summed E-state index contributed by atoms with van der Waals surface area (Å²) in [5.74, 6) is 0.798. The first-order valence-electron chi connectivity index (χ1n) is 8.25. The van der Waals surface area contributed by atoms with Gasteiger partial charge in [-0.3, -0.25) is 20.0 Å². The van der Waals surface area contributed by atoms with Crippen LogP contribution in [0.5, 0.6) is 5.75 Å². The highest BCUT2D eigenvalue weighted by Crippen LogP contribution is 2.27. The minimum atomic E-state index is -0.398. The third-order valence-electron chi connectivity index (χ3n) is 4.41. The van der Waals surface area contributed by atoms with Crippen LogP contribution in [0.1, 0.15) is 12.8 Å². The van der Waals surface area contributed by atoms with E-state index in [1.165, 1.54) is 6.07 Å². The van der Waals surface area contributed by atoms with E-state index in [9.17, 15) is 10.1 Å². The van der Waals surface area contributed by atoms with E-state index in [0.717, 1.165) is 44.7 Å². The molecule has 2 heterocycles. The third kappa shape index (κ3) is 4.32. The molecule has 7 heteroatoms. The van der Waals surface area contributed by atoms with E-state index in [0.29, 0.717) is 18.3 Å². The van der Waals surface area contributed by atoms with Crippen molar-refractivity contribution in [2.75, 3.05) is 32.8 Å². The molecule has 0 spiro atoms. The van der Waals surface area contributed by atoms with Crippen molar-refractivity contribution in [2.24, 2.45) is 10.9 Å². The lowest BCUT2D eigenvalue weighted by Crippen LogP contribution is -2.41. The summed E-state index contributed by atoms with van der Waals surface area (Å²) < 4.78 is 5.72. The van der Waals surface area contributed by atoms with Gasteiger partial charge in [0.05, 0.1) is 23.8 Å². The summed E-state index contributed by atoms with van der Waals surface area (Å²) in [5.41, 5.74) is 1.19. The van der Waals surface area contributed by atoms with E-state index in [1.54, 1.807) is 24.4 Å². The number of nitro benzene ring substituents is 1. The Balaban J connectivity index is 1.45. The molecular weight excluding hydrogens is 308 g/mol. The van der Waals surface area contributed by atoms with Gasteiger partial charge in [-0.1, -0.05) is 12.1 Å². The first kappa shape index (κ1) is 16.4. The van der Waals surface area contributed by atoms with E-state index in [-0.39, 0.29) is 5.69 Å². The molecule has 24 heavy (non-hydrogen) atoms. The standard InChI is InChI=1S/C17H22N4O3/c22-21(23)16-3-1-2-4-17(16)24-13-14-5-9-20(10-6-14)12-15-11-18-7-8-19-15/h1-4,7-8,14,18H,5-6,9-13H2. The van der Waals surface area contributed by atoms with Crippen molar-refractivity contribution in [1.82, 2.24) is 10.2 Å². The SMILES string of the molecule is O=[N+]([O-])c1ccccc1OCC1CCN(CC2=NC=CNC2)CC1. The molecule has 0 aromatic heterocycles. The maximum absolute atomic E-state index is 11.0. The van der Waals surface area contributed by atoms with Crippen LogP contribution in [-0.4, -0.2) is 48.3 Å². The monoisotopic (exact) mass is 330 g/mol. The average molecular weight is 330 g/mol. The lowest BCUT2D eigenvalue weighted by Gasteiger charge is -2.32. The van der Waals surface area contributed by atoms with Crippen LogP contribution >= 0.6 is 0 Å². The summed E-state index contributed by atoms with van der Waals surface area (Å²) >= 11 is 0. The van der Waals surface area contributed by atoms with E-state index >= 15 is 0 Å². The Morgan fingerprint density at radius 3 is 2.83 bits per heavy atom. The molecule has 128 valence electrons. The first-order chi connectivity index (χ1) is 11.7. The van der Waals surface area contributed by atoms with Crippen molar-refractivity contribution < 1.29 is 9.66 Å². The second-order valence-corrected chi connectivity index (χ2v) is 6.15. The summed E-state index contributed by atoms with van der Waals surface area (Å²) in [5, 5.41) is 14.2. The van der Waals surface area contributed by atoms with Gasteiger partial charge in [0.1, 0.15) is 0 Å². The van der Waals surface area contributed by atoms with Crippen molar-refractivity contribution in [2.45, 2.75) is 12.8 Å². The fourth-order valence-corrected chi connectivity index (χ4v) is 3.02. The topological polar surface area (TPSA) is 80.0 Å². The molecule has 0 atom stereocenters. The fraction of sp³-hybridized carbons (Fsp3) is 0.471. The highest BCUT2D eigenvalue weighted by molar-refractivity contribution is 5.89. The number of rotatable bonds is 6. The quantitative estimate of drug-likeness (QED) is 0.639. The van der Waals surface area contributed by atoms with Gasteiger partial charge in [-0.15, -0.1) is 0 Å². The van der Waals surface area contributed by atoms with Gasteiger partial charge >= 0.3 is 5.69 Å². The third-order valence-corrected chi connectivity index (χ3v) is 4.41. The zero-order valence-corrected chi connectivity index (χ0v) is 13.6. The molecule has 7 nitrogen and oxygen atoms in total. The number of aliphatic imine (C=N–C) groups is 1. The molecule has 0 bridgehead atoms. The van der Waals surface area contributed by atoms with Crippen molar-refractivity contribution in [3.8, 4) is 5.75 Å². The number of para-hydroxylation sites is 2. The molecule has 2 aliphatic rings. The zero-order valence-electron chi connectivity index (χ0n) is 13.6. The summed E-state index contributed by atoms with van der Waals surface area (Å²) in [4.78, 5) is 17.4. The van der Waals surface area contributed by atoms with Gasteiger partial charge in [0.15, 0.2) is 5.75 Å². The molecule has 1 N–H and O–H groups in total. The lowest BCUT2D eigenvalue weighted by molar-refractivity contribution is -0.385. The van der Waals surface area contributed by atoms with Crippen LogP contribution in [0.25, 0.3) is 0 Å². The number of hydrogen-bond acceptors (Lipinski definition) is 6. The average Bonchev–Trinajstić information content (AvgIpc) is 2.62. The largest absolute Gasteiger partial charge is 0.487 e. The number of piperidine rings is 1. The van der Waals surface area contributed by atoms with Crippen LogP contribution in [0.3, 0.4) is 0 Å². The zero-order chi connectivity index (χ0) is 16.8. The Morgan fingerprint density at radius 2 is 2.12 bits per heavy atom. The lowest BCUT2D eigenvalue weighted by atomic mass is 9.97. The number of likely N-dealkylation sites (tertiary alicyclic amines) is 1. The molecule has 0 saturated carbocycles. The maximum atomic E-state index is 11.0.